The number of benzene rings is 3. The monoisotopic (exact) mass is 674 g/mol. The Hall–Kier alpha value is -4.76. The van der Waals surface area contributed by atoms with Crippen LogP contribution in [0.1, 0.15) is 67.6 Å². The minimum Gasteiger partial charge on any atom is -0.493 e. The van der Waals surface area contributed by atoms with Crippen LogP contribution < -0.4 is 19.0 Å². The lowest BCUT2D eigenvalue weighted by atomic mass is 9.95. The van der Waals surface area contributed by atoms with E-state index in [4.69, 9.17) is 19.0 Å². The number of alkyl halides is 1. The molecule has 6 rings (SSSR count). The number of aromatic nitrogens is 1. The lowest BCUT2D eigenvalue weighted by molar-refractivity contribution is -0.162. The molecule has 254 valence electrons. The second-order valence-corrected chi connectivity index (χ2v) is 11.3. The van der Waals surface area contributed by atoms with E-state index in [0.29, 0.717) is 39.8 Å². The number of ether oxygens (including phenoxy) is 3. The van der Waals surface area contributed by atoms with Crippen molar-refractivity contribution >= 4 is 50.9 Å². The predicted octanol–water partition coefficient (Wildman–Crippen LogP) is 8.44. The first-order valence-electron chi connectivity index (χ1n) is 15.9. The highest BCUT2D eigenvalue weighted by Gasteiger charge is 2.41. The molecule has 2 aliphatic rings. The molecule has 2 amide bonds. The summed E-state index contributed by atoms with van der Waals surface area (Å²) in [6.07, 6.45) is 11.2. The van der Waals surface area contributed by atoms with Gasteiger partial charge in [0.25, 0.3) is 11.8 Å². The number of amides is 2. The lowest BCUT2D eigenvalue weighted by Crippen LogP contribution is -2.33. The maximum Gasteiger partial charge on any atom is 0.295 e. The van der Waals surface area contributed by atoms with Gasteiger partial charge in [-0.25, -0.2) is 0 Å². The zero-order chi connectivity index (χ0) is 35.0. The minimum atomic E-state index is -0.371. The summed E-state index contributed by atoms with van der Waals surface area (Å²) in [5, 5.41) is 3.82. The Bertz CT molecular complexity index is 1860. The molecule has 1 aliphatic carbocycles. The van der Waals surface area contributed by atoms with Crippen LogP contribution >= 0.6 is 11.6 Å². The van der Waals surface area contributed by atoms with Crippen molar-refractivity contribution in [2.45, 2.75) is 59.3 Å². The summed E-state index contributed by atoms with van der Waals surface area (Å²) >= 11 is 4.64. The number of methoxy groups -OCH3 is 3. The van der Waals surface area contributed by atoms with Gasteiger partial charge in [0, 0.05) is 24.1 Å². The van der Waals surface area contributed by atoms with Crippen molar-refractivity contribution in [3.05, 3.63) is 82.6 Å². The van der Waals surface area contributed by atoms with Crippen molar-refractivity contribution in [1.82, 2.24) is 10.0 Å². The highest BCUT2D eigenvalue weighted by Crippen LogP contribution is 2.43. The Morgan fingerprint density at radius 3 is 2.04 bits per heavy atom. The number of imide groups is 1. The number of nitrogens with zero attached hydrogens (tertiary/aromatic N) is 1. The fraction of sp³-hybridized carbons (Fsp3) is 0.342. The summed E-state index contributed by atoms with van der Waals surface area (Å²) in [6.45, 7) is 5.78. The fourth-order valence-electron chi connectivity index (χ4n) is 6.00. The van der Waals surface area contributed by atoms with Crippen LogP contribution in [0.25, 0.3) is 21.7 Å². The highest BCUT2D eigenvalue weighted by atomic mass is 35.5. The molecule has 1 saturated heterocycles. The number of allylic oxidation sites excluding steroid dienone is 2. The van der Waals surface area contributed by atoms with Gasteiger partial charge in [0.2, 0.25) is 5.75 Å². The van der Waals surface area contributed by atoms with Gasteiger partial charge < -0.3 is 24.0 Å². The molecule has 1 fully saturated rings. The number of hydrogen-bond donors (Lipinski definition) is 1. The molecule has 1 aromatic heterocycles. The average Bonchev–Trinajstić information content (AvgIpc) is 3.65. The number of fused-ring (bicyclic) bond motifs is 3. The summed E-state index contributed by atoms with van der Waals surface area (Å²) in [5.41, 5.74) is 4.62. The normalized spacial score (nSPS) is 13.5. The summed E-state index contributed by atoms with van der Waals surface area (Å²) in [5.74, 6) is 1.37. The number of rotatable bonds is 10. The van der Waals surface area contributed by atoms with E-state index in [0.717, 1.165) is 58.0 Å². The van der Waals surface area contributed by atoms with E-state index in [9.17, 15) is 14.4 Å². The van der Waals surface area contributed by atoms with Crippen LogP contribution in [0.4, 0.5) is 0 Å². The maximum atomic E-state index is 12.7. The number of aromatic amines is 1. The van der Waals surface area contributed by atoms with Crippen LogP contribution in [0.2, 0.25) is 0 Å². The number of ketones is 1. The highest BCUT2D eigenvalue weighted by molar-refractivity contribution is 6.24. The number of hydrogen-bond acceptors (Lipinski definition) is 7. The van der Waals surface area contributed by atoms with Crippen LogP contribution in [-0.4, -0.2) is 55.4 Å². The zero-order valence-electron chi connectivity index (χ0n) is 28.6. The smallest absolute Gasteiger partial charge is 0.295 e. The Morgan fingerprint density at radius 1 is 0.854 bits per heavy atom. The van der Waals surface area contributed by atoms with Gasteiger partial charge >= 0.3 is 0 Å². The average molecular weight is 675 g/mol. The van der Waals surface area contributed by atoms with Crippen LogP contribution in [0.15, 0.2) is 65.8 Å². The number of carbonyl (C=O) groups is 3. The molecule has 0 bridgehead atoms. The molecule has 0 spiro atoms. The van der Waals surface area contributed by atoms with Crippen molar-refractivity contribution in [1.29, 1.82) is 0 Å². The van der Waals surface area contributed by atoms with E-state index in [1.165, 1.54) is 31.7 Å². The van der Waals surface area contributed by atoms with Crippen LogP contribution in [-0.2, 0) is 16.0 Å². The van der Waals surface area contributed by atoms with Gasteiger partial charge in [-0.2, -0.15) is 0 Å². The predicted molar refractivity (Wildman–Crippen MR) is 190 cm³/mol. The number of carbonyl (C=O) groups excluding carboxylic acids is 3. The van der Waals surface area contributed by atoms with Gasteiger partial charge in [-0.3, -0.25) is 14.4 Å². The molecule has 1 N–H and O–H groups in total. The molecule has 9 nitrogen and oxygen atoms in total. The Labute approximate surface area is 286 Å². The number of unbranched alkanes of at least 4 members (excludes halogenated alkanes) is 2. The van der Waals surface area contributed by atoms with Gasteiger partial charge in [-0.05, 0) is 67.3 Å². The minimum absolute atomic E-state index is 0.0359. The summed E-state index contributed by atoms with van der Waals surface area (Å²) in [7, 11) is 4.65. The molecule has 0 unspecified atom stereocenters. The number of halogens is 1. The van der Waals surface area contributed by atoms with E-state index in [2.05, 4.69) is 36.5 Å². The number of Topliss-reactive ketones (excluding diaryl/α,β-unsaturated/α-hetero) is 1. The molecule has 0 radical (unpaired) electrons. The Balaban J connectivity index is 0.000000225. The number of hydroxylamine groups is 2. The van der Waals surface area contributed by atoms with Gasteiger partial charge in [-0.15, -0.1) is 11.6 Å². The standard InChI is InChI=1S/C24H25NO3.C13H15NO4.CH3Cl/c1-3-4-5-10-17-16(2)15-22(19-12-7-6-11-18(17)19)28-25-23(26)20-13-8-9-14-21(20)24(25)27;1-7(15)9-5-8-6-10(16-2)12(17-3)13(18-4)11(8)14-9;1-2/h6-7,11-15H,3-5,8-10H2,1-2H3;5-6,14H,1-4H3;1H3. The molecular formula is C38H43ClN2O7. The summed E-state index contributed by atoms with van der Waals surface area (Å²) < 4.78 is 15.9. The first kappa shape index (κ1) is 36.1. The first-order valence-corrected chi connectivity index (χ1v) is 16.7. The van der Waals surface area contributed by atoms with Gasteiger partial charge in [0.05, 0.1) is 43.7 Å². The molecule has 2 heterocycles. The van der Waals surface area contributed by atoms with Crippen molar-refractivity contribution in [2.75, 3.05) is 27.7 Å². The van der Waals surface area contributed by atoms with Gasteiger partial charge in [-0.1, -0.05) is 61.2 Å². The third kappa shape index (κ3) is 7.21. The lowest BCUT2D eigenvalue weighted by Gasteiger charge is -2.18. The second-order valence-electron chi connectivity index (χ2n) is 11.3. The third-order valence-corrected chi connectivity index (χ3v) is 8.34. The second kappa shape index (κ2) is 16.4. The SMILES string of the molecule is CCCCCc1c(C)cc(ON2C(=O)C3=CCCC=C3C2=O)c2ccccc12.CCl.COc1cc2cc(C(C)=O)[nH]c2c(OC)c1OC. The van der Waals surface area contributed by atoms with Crippen molar-refractivity contribution in [2.24, 2.45) is 0 Å². The van der Waals surface area contributed by atoms with E-state index in [-0.39, 0.29) is 17.6 Å². The summed E-state index contributed by atoms with van der Waals surface area (Å²) in [6, 6.07) is 13.6. The Kier molecular flexibility index (Phi) is 12.3. The Morgan fingerprint density at radius 2 is 1.48 bits per heavy atom. The van der Waals surface area contributed by atoms with Crippen LogP contribution in [0.3, 0.4) is 0 Å². The molecule has 48 heavy (non-hydrogen) atoms. The molecular weight excluding hydrogens is 632 g/mol. The molecule has 10 heteroatoms. The molecule has 0 atom stereocenters. The van der Waals surface area contributed by atoms with Gasteiger partial charge in [0.15, 0.2) is 23.0 Å². The molecule has 4 aromatic rings. The summed E-state index contributed by atoms with van der Waals surface area (Å²) in [4.78, 5) is 45.7. The number of aryl methyl sites for hydroxylation is 2. The van der Waals surface area contributed by atoms with E-state index in [1.54, 1.807) is 33.5 Å². The quantitative estimate of drug-likeness (QED) is 0.0778. The van der Waals surface area contributed by atoms with Crippen LogP contribution in [0, 0.1) is 6.92 Å². The number of nitrogens with one attached hydrogen (secondary N) is 1. The molecule has 1 aliphatic heterocycles. The topological polar surface area (TPSA) is 107 Å². The van der Waals surface area contributed by atoms with Crippen molar-refractivity contribution < 1.29 is 33.4 Å². The van der Waals surface area contributed by atoms with Crippen molar-refractivity contribution in [3.63, 3.8) is 0 Å². The fourth-order valence-corrected chi connectivity index (χ4v) is 6.00. The molecule has 0 saturated carbocycles. The largest absolute Gasteiger partial charge is 0.493 e. The first-order chi connectivity index (χ1) is 23.2. The van der Waals surface area contributed by atoms with Crippen molar-refractivity contribution in [3.8, 4) is 23.0 Å². The molecule has 3 aromatic carbocycles. The van der Waals surface area contributed by atoms with E-state index >= 15 is 0 Å². The van der Waals surface area contributed by atoms with Gasteiger partial charge in [0.1, 0.15) is 0 Å². The number of H-pyrrole nitrogens is 1. The van der Waals surface area contributed by atoms with E-state index < -0.39 is 0 Å². The maximum absolute atomic E-state index is 12.7. The van der Waals surface area contributed by atoms with Crippen LogP contribution in [0.5, 0.6) is 23.0 Å². The van der Waals surface area contributed by atoms with E-state index in [1.807, 2.05) is 36.4 Å². The zero-order valence-corrected chi connectivity index (χ0v) is 29.4. The third-order valence-electron chi connectivity index (χ3n) is 8.34.